The number of rotatable bonds is 9. The summed E-state index contributed by atoms with van der Waals surface area (Å²) in [5.74, 6) is 1.51. The number of aromatic carboxylic acids is 1. The number of sulfone groups is 1. The van der Waals surface area contributed by atoms with Gasteiger partial charge in [0.15, 0.2) is 15.7 Å². The van der Waals surface area contributed by atoms with Crippen molar-refractivity contribution in [3.8, 4) is 5.75 Å². The molecule has 12 nitrogen and oxygen atoms in total. The molecule has 13 heteroatoms. The molecule has 0 unspecified atom stereocenters. The maximum atomic E-state index is 13.7. The minimum atomic E-state index is -3.77. The van der Waals surface area contributed by atoms with Gasteiger partial charge in [-0.1, -0.05) is 0 Å². The summed E-state index contributed by atoms with van der Waals surface area (Å²) in [5.41, 5.74) is 2.58. The predicted octanol–water partition coefficient (Wildman–Crippen LogP) is 5.06. The van der Waals surface area contributed by atoms with E-state index in [1.807, 2.05) is 13.8 Å². The van der Waals surface area contributed by atoms with Gasteiger partial charge >= 0.3 is 5.97 Å². The van der Waals surface area contributed by atoms with E-state index >= 15 is 0 Å². The van der Waals surface area contributed by atoms with E-state index in [9.17, 15) is 13.2 Å². The Morgan fingerprint density at radius 2 is 1.86 bits per heavy atom. The maximum absolute atomic E-state index is 13.7. The quantitative estimate of drug-likeness (QED) is 0.233. The average molecular weight is 608 g/mol. The molecule has 1 fully saturated rings. The number of hydrogen-bond donors (Lipinski definition) is 3. The normalized spacial score (nSPS) is 14.7. The van der Waals surface area contributed by atoms with Gasteiger partial charge in [0.2, 0.25) is 0 Å². The fraction of sp³-hybridized carbons (Fsp3) is 0.433. The molecule has 0 atom stereocenters. The Morgan fingerprint density at radius 1 is 1.12 bits per heavy atom. The highest BCUT2D eigenvalue weighted by Crippen LogP contribution is 2.37. The van der Waals surface area contributed by atoms with Crippen LogP contribution in [0.4, 0.5) is 17.5 Å². The molecule has 3 aromatic heterocycles. The fourth-order valence-corrected chi connectivity index (χ4v) is 6.34. The van der Waals surface area contributed by atoms with Crippen molar-refractivity contribution in [3.05, 3.63) is 53.6 Å². The second-order valence-corrected chi connectivity index (χ2v) is 14.6. The third kappa shape index (κ3) is 6.26. The molecule has 0 spiro atoms. The van der Waals surface area contributed by atoms with Crippen LogP contribution < -0.4 is 15.0 Å². The van der Waals surface area contributed by atoms with E-state index < -0.39 is 20.6 Å². The summed E-state index contributed by atoms with van der Waals surface area (Å²) in [6.07, 6.45) is 5.42. The molecule has 1 aromatic carbocycles. The third-order valence-electron chi connectivity index (χ3n) is 8.00. The molecule has 1 aliphatic heterocycles. The molecule has 5 rings (SSSR count). The predicted molar refractivity (Wildman–Crippen MR) is 164 cm³/mol. The molecular weight excluding hydrogens is 570 g/mol. The van der Waals surface area contributed by atoms with Gasteiger partial charge in [0.05, 0.1) is 22.4 Å². The summed E-state index contributed by atoms with van der Waals surface area (Å²) in [6.45, 7) is 10.8. The minimum absolute atomic E-state index is 0.103. The Balaban J connectivity index is 1.32. The molecular formula is C30H37N7O5S. The van der Waals surface area contributed by atoms with Crippen LogP contribution in [-0.2, 0) is 9.84 Å². The van der Waals surface area contributed by atoms with Gasteiger partial charge in [0.1, 0.15) is 28.6 Å². The highest BCUT2D eigenvalue weighted by molar-refractivity contribution is 7.92. The summed E-state index contributed by atoms with van der Waals surface area (Å²) in [7, 11) is -3.77. The van der Waals surface area contributed by atoms with Crippen molar-refractivity contribution in [3.63, 3.8) is 0 Å². The lowest BCUT2D eigenvalue weighted by Gasteiger charge is -2.32. The topological polar surface area (TPSA) is 163 Å². The second kappa shape index (κ2) is 11.8. The van der Waals surface area contributed by atoms with Crippen molar-refractivity contribution in [2.45, 2.75) is 63.5 Å². The van der Waals surface area contributed by atoms with Crippen molar-refractivity contribution in [2.75, 3.05) is 29.9 Å². The van der Waals surface area contributed by atoms with Crippen LogP contribution in [0.3, 0.4) is 0 Å². The van der Waals surface area contributed by atoms with Gasteiger partial charge in [0.25, 0.3) is 0 Å². The smallest absolute Gasteiger partial charge is 0.337 e. The van der Waals surface area contributed by atoms with E-state index in [2.05, 4.69) is 35.4 Å². The Labute approximate surface area is 250 Å². The number of hydrogen-bond acceptors (Lipinski definition) is 10. The number of ether oxygens (including phenoxy) is 1. The van der Waals surface area contributed by atoms with Crippen molar-refractivity contribution < 1.29 is 23.1 Å². The lowest BCUT2D eigenvalue weighted by atomic mass is 9.94. The van der Waals surface area contributed by atoms with Crippen LogP contribution in [0.15, 0.2) is 41.7 Å². The number of aryl methyl sites for hydroxylation is 1. The second-order valence-electron chi connectivity index (χ2n) is 11.9. The van der Waals surface area contributed by atoms with Crippen LogP contribution in [0.5, 0.6) is 5.75 Å². The van der Waals surface area contributed by atoms with Gasteiger partial charge in [0, 0.05) is 42.0 Å². The summed E-state index contributed by atoms with van der Waals surface area (Å²) in [4.78, 5) is 26.5. The maximum Gasteiger partial charge on any atom is 0.337 e. The molecule has 0 bridgehead atoms. The van der Waals surface area contributed by atoms with Gasteiger partial charge in [-0.2, -0.15) is 5.10 Å². The SMILES string of the molecule is Cc1[nH]nc(Nc2ncnc3cc(OCCC4CCN(c5ccc(C(=O)O)cn5)CC4)c(S(=O)(=O)C(C)(C)C)cc23)c1C. The Kier molecular flexibility index (Phi) is 8.28. The Bertz CT molecular complexity index is 1740. The van der Waals surface area contributed by atoms with Crippen LogP contribution in [0.25, 0.3) is 10.9 Å². The monoisotopic (exact) mass is 607 g/mol. The zero-order valence-electron chi connectivity index (χ0n) is 25.0. The third-order valence-corrected chi connectivity index (χ3v) is 10.5. The molecule has 0 saturated carbocycles. The van der Waals surface area contributed by atoms with E-state index in [1.54, 1.807) is 45.0 Å². The van der Waals surface area contributed by atoms with Crippen LogP contribution >= 0.6 is 0 Å². The number of carboxylic acid groups (broad SMARTS) is 1. The number of pyridine rings is 1. The standard InChI is InChI=1S/C30H37N7O5S/c1-18-19(2)35-36-27(18)34-28-22-14-25(43(40,41)30(3,4)5)24(15-23(22)32-17-33-28)42-13-10-20-8-11-37(12-9-20)26-7-6-21(16-31-26)29(38)39/h6-7,14-17,20H,8-13H2,1-5H3,(H,38,39)(H2,32,33,34,35,36). The zero-order chi connectivity index (χ0) is 30.9. The number of H-pyrrole nitrogens is 1. The van der Waals surface area contributed by atoms with E-state index in [0.717, 1.165) is 49.4 Å². The lowest BCUT2D eigenvalue weighted by molar-refractivity contribution is 0.0696. The first-order chi connectivity index (χ1) is 20.3. The molecule has 1 saturated heterocycles. The molecule has 0 amide bonds. The van der Waals surface area contributed by atoms with Gasteiger partial charge in [-0.15, -0.1) is 0 Å². The number of carboxylic acids is 1. The number of benzene rings is 1. The molecule has 1 aliphatic rings. The molecule has 0 aliphatic carbocycles. The number of nitrogens with one attached hydrogen (secondary N) is 2. The number of fused-ring (bicyclic) bond motifs is 1. The van der Waals surface area contributed by atoms with E-state index in [4.69, 9.17) is 9.84 Å². The van der Waals surface area contributed by atoms with Gasteiger partial charge in [-0.25, -0.2) is 28.2 Å². The minimum Gasteiger partial charge on any atom is -0.492 e. The number of anilines is 3. The first-order valence-electron chi connectivity index (χ1n) is 14.2. The molecule has 0 radical (unpaired) electrons. The van der Waals surface area contributed by atoms with Crippen LogP contribution in [-0.4, -0.2) is 69.1 Å². The largest absolute Gasteiger partial charge is 0.492 e. The van der Waals surface area contributed by atoms with Crippen molar-refractivity contribution >= 4 is 44.2 Å². The van der Waals surface area contributed by atoms with Crippen molar-refractivity contribution in [1.29, 1.82) is 0 Å². The van der Waals surface area contributed by atoms with E-state index in [0.29, 0.717) is 35.1 Å². The van der Waals surface area contributed by atoms with Gasteiger partial charge < -0.3 is 20.1 Å². The van der Waals surface area contributed by atoms with E-state index in [-0.39, 0.29) is 16.2 Å². The Morgan fingerprint density at radius 3 is 2.47 bits per heavy atom. The Hall–Kier alpha value is -4.26. The first-order valence-corrected chi connectivity index (χ1v) is 15.7. The number of piperidine rings is 1. The average Bonchev–Trinajstić information content (AvgIpc) is 3.29. The lowest BCUT2D eigenvalue weighted by Crippen LogP contribution is -2.34. The molecule has 43 heavy (non-hydrogen) atoms. The fourth-order valence-electron chi connectivity index (χ4n) is 5.02. The highest BCUT2D eigenvalue weighted by atomic mass is 32.2. The van der Waals surface area contributed by atoms with Crippen LogP contribution in [0, 0.1) is 19.8 Å². The van der Waals surface area contributed by atoms with Gasteiger partial charge in [-0.3, -0.25) is 5.10 Å². The van der Waals surface area contributed by atoms with Crippen molar-refractivity contribution in [2.24, 2.45) is 5.92 Å². The van der Waals surface area contributed by atoms with Gasteiger partial charge in [-0.05, 0) is 78.0 Å². The highest BCUT2D eigenvalue weighted by Gasteiger charge is 2.34. The number of carbonyl (C=O) groups is 1. The van der Waals surface area contributed by atoms with Crippen LogP contribution in [0.2, 0.25) is 0 Å². The summed E-state index contributed by atoms with van der Waals surface area (Å²) in [5, 5.41) is 20.1. The molecule has 228 valence electrons. The summed E-state index contributed by atoms with van der Waals surface area (Å²) in [6, 6.07) is 6.59. The molecule has 3 N–H and O–H groups in total. The van der Waals surface area contributed by atoms with Crippen LogP contribution in [0.1, 0.15) is 61.6 Å². The number of aromatic nitrogens is 5. The summed E-state index contributed by atoms with van der Waals surface area (Å²) >= 11 is 0. The zero-order valence-corrected chi connectivity index (χ0v) is 25.8. The first kappa shape index (κ1) is 30.2. The number of nitrogens with zero attached hydrogens (tertiary/aromatic N) is 5. The number of aromatic amines is 1. The van der Waals surface area contributed by atoms with Crippen molar-refractivity contribution in [1.82, 2.24) is 25.1 Å². The molecule has 4 heterocycles. The molecule has 4 aromatic rings. The van der Waals surface area contributed by atoms with E-state index in [1.165, 1.54) is 12.5 Å². The summed E-state index contributed by atoms with van der Waals surface area (Å²) < 4.78 is 32.6.